The van der Waals surface area contributed by atoms with Crippen LogP contribution in [0.4, 0.5) is 17.3 Å². The van der Waals surface area contributed by atoms with Crippen LogP contribution in [0.2, 0.25) is 0 Å². The van der Waals surface area contributed by atoms with Gasteiger partial charge in [-0.25, -0.2) is 9.97 Å². The maximum absolute atomic E-state index is 12.7. The summed E-state index contributed by atoms with van der Waals surface area (Å²) in [7, 11) is 0. The number of benzene rings is 2. The standard InChI is InChI=1S/C23H24N4O/c1-23(2,3)17-8-10-18(11-9-17)25-21(28)19-12-14-24-22(26-19)27-15-13-16-6-4-5-7-20(16)27/h4-12,14H,13,15H2,1-3H3,(H,25,28). The van der Waals surface area contributed by atoms with Crippen LogP contribution in [0, 0.1) is 0 Å². The molecule has 0 spiro atoms. The molecule has 1 aromatic heterocycles. The number of hydrogen-bond acceptors (Lipinski definition) is 4. The highest BCUT2D eigenvalue weighted by atomic mass is 16.1. The van der Waals surface area contributed by atoms with E-state index < -0.39 is 0 Å². The van der Waals surface area contributed by atoms with Gasteiger partial charge in [-0.05, 0) is 47.2 Å². The predicted molar refractivity (Wildman–Crippen MR) is 112 cm³/mol. The molecule has 0 unspecified atom stereocenters. The van der Waals surface area contributed by atoms with Crippen LogP contribution >= 0.6 is 0 Å². The van der Waals surface area contributed by atoms with Gasteiger partial charge in [-0.2, -0.15) is 0 Å². The summed E-state index contributed by atoms with van der Waals surface area (Å²) in [5, 5.41) is 2.93. The zero-order valence-corrected chi connectivity index (χ0v) is 16.4. The summed E-state index contributed by atoms with van der Waals surface area (Å²) in [5.74, 6) is 0.320. The zero-order valence-electron chi connectivity index (χ0n) is 16.4. The number of aromatic nitrogens is 2. The molecular formula is C23H24N4O. The fraction of sp³-hybridized carbons (Fsp3) is 0.261. The summed E-state index contributed by atoms with van der Waals surface area (Å²) in [6, 6.07) is 17.8. The van der Waals surface area contributed by atoms with Gasteiger partial charge in [0.1, 0.15) is 5.69 Å². The number of amides is 1. The minimum absolute atomic E-state index is 0.0795. The smallest absolute Gasteiger partial charge is 0.274 e. The van der Waals surface area contributed by atoms with Crippen LogP contribution < -0.4 is 10.2 Å². The minimum atomic E-state index is -0.236. The second-order valence-corrected chi connectivity index (χ2v) is 8.05. The Hall–Kier alpha value is -3.21. The van der Waals surface area contributed by atoms with Crippen LogP contribution in [0.3, 0.4) is 0 Å². The molecule has 0 fully saturated rings. The number of para-hydroxylation sites is 1. The Morgan fingerprint density at radius 3 is 2.54 bits per heavy atom. The highest BCUT2D eigenvalue weighted by molar-refractivity contribution is 6.03. The number of rotatable bonds is 3. The van der Waals surface area contributed by atoms with Gasteiger partial charge in [-0.3, -0.25) is 4.79 Å². The van der Waals surface area contributed by atoms with Crippen molar-refractivity contribution in [2.24, 2.45) is 0 Å². The van der Waals surface area contributed by atoms with Crippen LogP contribution in [0.25, 0.3) is 0 Å². The van der Waals surface area contributed by atoms with E-state index in [1.807, 2.05) is 36.4 Å². The lowest BCUT2D eigenvalue weighted by Gasteiger charge is -2.19. The van der Waals surface area contributed by atoms with E-state index in [1.165, 1.54) is 11.1 Å². The summed E-state index contributed by atoms with van der Waals surface area (Å²) in [6.45, 7) is 7.32. The highest BCUT2D eigenvalue weighted by Crippen LogP contribution is 2.32. The Balaban J connectivity index is 1.53. The van der Waals surface area contributed by atoms with Gasteiger partial charge in [0.2, 0.25) is 5.95 Å². The van der Waals surface area contributed by atoms with E-state index in [-0.39, 0.29) is 11.3 Å². The fourth-order valence-corrected chi connectivity index (χ4v) is 3.40. The predicted octanol–water partition coefficient (Wildman–Crippen LogP) is 4.72. The van der Waals surface area contributed by atoms with E-state index in [4.69, 9.17) is 0 Å². The summed E-state index contributed by atoms with van der Waals surface area (Å²) in [4.78, 5) is 23.6. The first kappa shape index (κ1) is 18.2. The molecule has 28 heavy (non-hydrogen) atoms. The summed E-state index contributed by atoms with van der Waals surface area (Å²) >= 11 is 0. The van der Waals surface area contributed by atoms with Crippen molar-refractivity contribution in [1.29, 1.82) is 0 Å². The Morgan fingerprint density at radius 2 is 1.79 bits per heavy atom. The lowest BCUT2D eigenvalue weighted by Crippen LogP contribution is -2.20. The third kappa shape index (κ3) is 3.60. The molecule has 142 valence electrons. The highest BCUT2D eigenvalue weighted by Gasteiger charge is 2.22. The molecule has 0 radical (unpaired) electrons. The normalized spacial score (nSPS) is 13.3. The van der Waals surface area contributed by atoms with Crippen molar-refractivity contribution in [3.05, 3.63) is 77.6 Å². The largest absolute Gasteiger partial charge is 0.321 e. The van der Waals surface area contributed by atoms with Crippen LogP contribution in [-0.4, -0.2) is 22.4 Å². The quantitative estimate of drug-likeness (QED) is 0.723. The van der Waals surface area contributed by atoms with Crippen LogP contribution in [0.1, 0.15) is 42.4 Å². The van der Waals surface area contributed by atoms with Crippen molar-refractivity contribution in [3.8, 4) is 0 Å². The van der Waals surface area contributed by atoms with Crippen LogP contribution in [0.15, 0.2) is 60.8 Å². The van der Waals surface area contributed by atoms with Crippen molar-refractivity contribution < 1.29 is 4.79 Å². The van der Waals surface area contributed by atoms with E-state index in [2.05, 4.69) is 53.1 Å². The number of fused-ring (bicyclic) bond motifs is 1. The second kappa shape index (κ2) is 7.08. The van der Waals surface area contributed by atoms with E-state index in [0.29, 0.717) is 11.6 Å². The summed E-state index contributed by atoms with van der Waals surface area (Å²) in [5.41, 5.74) is 4.80. The number of nitrogens with one attached hydrogen (secondary N) is 1. The van der Waals surface area contributed by atoms with Crippen LogP contribution in [0.5, 0.6) is 0 Å². The van der Waals surface area contributed by atoms with Crippen molar-refractivity contribution >= 4 is 23.2 Å². The van der Waals surface area contributed by atoms with E-state index in [0.717, 1.165) is 24.3 Å². The molecule has 0 saturated carbocycles. The monoisotopic (exact) mass is 372 g/mol. The van der Waals surface area contributed by atoms with Gasteiger partial charge < -0.3 is 10.2 Å². The van der Waals surface area contributed by atoms with Gasteiger partial charge in [0.15, 0.2) is 0 Å². The average Bonchev–Trinajstić information content (AvgIpc) is 3.12. The molecular weight excluding hydrogens is 348 g/mol. The average molecular weight is 372 g/mol. The SMILES string of the molecule is CC(C)(C)c1ccc(NC(=O)c2ccnc(N3CCc4ccccc43)n2)cc1. The van der Waals surface area contributed by atoms with Gasteiger partial charge in [-0.1, -0.05) is 51.1 Å². The number of carbonyl (C=O) groups is 1. The van der Waals surface area contributed by atoms with Gasteiger partial charge in [-0.15, -0.1) is 0 Å². The second-order valence-electron chi connectivity index (χ2n) is 8.05. The van der Waals surface area contributed by atoms with Gasteiger partial charge in [0, 0.05) is 24.1 Å². The zero-order chi connectivity index (χ0) is 19.7. The van der Waals surface area contributed by atoms with Crippen molar-refractivity contribution in [1.82, 2.24) is 9.97 Å². The molecule has 2 heterocycles. The van der Waals surface area contributed by atoms with Gasteiger partial charge in [0.25, 0.3) is 5.91 Å². The first-order valence-corrected chi connectivity index (χ1v) is 9.52. The van der Waals surface area contributed by atoms with Crippen molar-refractivity contribution in [2.75, 3.05) is 16.8 Å². The molecule has 4 rings (SSSR count). The third-order valence-electron chi connectivity index (χ3n) is 5.01. The maximum Gasteiger partial charge on any atom is 0.274 e. The lowest BCUT2D eigenvalue weighted by molar-refractivity contribution is 0.102. The Bertz CT molecular complexity index is 1010. The molecule has 1 amide bonds. The third-order valence-corrected chi connectivity index (χ3v) is 5.01. The molecule has 1 aliphatic heterocycles. The lowest BCUT2D eigenvalue weighted by atomic mass is 9.87. The van der Waals surface area contributed by atoms with Crippen molar-refractivity contribution in [2.45, 2.75) is 32.6 Å². The number of nitrogens with zero attached hydrogens (tertiary/aromatic N) is 3. The maximum atomic E-state index is 12.7. The molecule has 0 aliphatic carbocycles. The first-order chi connectivity index (χ1) is 13.4. The van der Waals surface area contributed by atoms with E-state index in [1.54, 1.807) is 12.3 Å². The molecule has 0 atom stereocenters. The van der Waals surface area contributed by atoms with Crippen molar-refractivity contribution in [3.63, 3.8) is 0 Å². The van der Waals surface area contributed by atoms with Crippen LogP contribution in [-0.2, 0) is 11.8 Å². The number of hydrogen-bond donors (Lipinski definition) is 1. The molecule has 1 aliphatic rings. The molecule has 1 N–H and O–H groups in total. The minimum Gasteiger partial charge on any atom is -0.321 e. The van der Waals surface area contributed by atoms with E-state index >= 15 is 0 Å². The Labute approximate surface area is 165 Å². The first-order valence-electron chi connectivity index (χ1n) is 9.52. The molecule has 5 nitrogen and oxygen atoms in total. The number of anilines is 3. The summed E-state index contributed by atoms with van der Waals surface area (Å²) in [6.07, 6.45) is 2.59. The molecule has 2 aromatic carbocycles. The van der Waals surface area contributed by atoms with Gasteiger partial charge in [0.05, 0.1) is 0 Å². The molecule has 3 aromatic rings. The Kier molecular flexibility index (Phi) is 4.59. The topological polar surface area (TPSA) is 58.1 Å². The molecule has 0 bridgehead atoms. The summed E-state index contributed by atoms with van der Waals surface area (Å²) < 4.78 is 0. The molecule has 0 saturated heterocycles. The Morgan fingerprint density at radius 1 is 1.04 bits per heavy atom. The molecule has 5 heteroatoms. The number of carbonyl (C=O) groups excluding carboxylic acids is 1. The fourth-order valence-electron chi connectivity index (χ4n) is 3.40. The van der Waals surface area contributed by atoms with Gasteiger partial charge >= 0.3 is 0 Å². The van der Waals surface area contributed by atoms with E-state index in [9.17, 15) is 4.79 Å².